The first-order valence-corrected chi connectivity index (χ1v) is 9.17. The van der Waals surface area contributed by atoms with Crippen LogP contribution in [0.3, 0.4) is 0 Å². The maximum absolute atomic E-state index is 11.8. The lowest BCUT2D eigenvalue weighted by Gasteiger charge is -2.14. The summed E-state index contributed by atoms with van der Waals surface area (Å²) in [5.74, 6) is 0.732. The van der Waals surface area contributed by atoms with Crippen LogP contribution in [-0.4, -0.2) is 57.8 Å². The Kier molecular flexibility index (Phi) is 5.62. The molecule has 1 saturated heterocycles. The molecule has 1 aliphatic carbocycles. The second-order valence-electron chi connectivity index (χ2n) is 5.80. The summed E-state index contributed by atoms with van der Waals surface area (Å²) in [5.41, 5.74) is 0. The smallest absolute Gasteiger partial charge is 0.211 e. The van der Waals surface area contributed by atoms with E-state index in [0.29, 0.717) is 24.9 Å². The van der Waals surface area contributed by atoms with Crippen LogP contribution in [-0.2, 0) is 10.0 Å². The highest BCUT2D eigenvalue weighted by atomic mass is 32.2. The third-order valence-corrected chi connectivity index (χ3v) is 5.44. The van der Waals surface area contributed by atoms with E-state index in [9.17, 15) is 8.42 Å². The SMILES string of the molecule is CCN1CCC(CNS(=O)(=O)CCCNC2CC2)C1. The average Bonchev–Trinajstić information content (AvgIpc) is 3.09. The van der Waals surface area contributed by atoms with Gasteiger partial charge in [0.25, 0.3) is 0 Å². The standard InChI is InChI=1S/C13H27N3O2S/c1-2-16-8-6-12(11-16)10-15-19(17,18)9-3-7-14-13-4-5-13/h12-15H,2-11H2,1H3. The van der Waals surface area contributed by atoms with Crippen molar-refractivity contribution in [2.24, 2.45) is 5.92 Å². The maximum Gasteiger partial charge on any atom is 0.211 e. The van der Waals surface area contributed by atoms with Gasteiger partial charge in [0.2, 0.25) is 10.0 Å². The van der Waals surface area contributed by atoms with Crippen LogP contribution < -0.4 is 10.0 Å². The lowest BCUT2D eigenvalue weighted by atomic mass is 10.1. The Bertz CT molecular complexity index is 368. The van der Waals surface area contributed by atoms with E-state index in [1.165, 1.54) is 12.8 Å². The van der Waals surface area contributed by atoms with Crippen LogP contribution in [0, 0.1) is 5.92 Å². The van der Waals surface area contributed by atoms with Gasteiger partial charge in [-0.2, -0.15) is 0 Å². The van der Waals surface area contributed by atoms with E-state index in [-0.39, 0.29) is 5.75 Å². The van der Waals surface area contributed by atoms with Crippen molar-refractivity contribution in [3.05, 3.63) is 0 Å². The van der Waals surface area contributed by atoms with Crippen LogP contribution in [0.1, 0.15) is 32.6 Å². The first-order chi connectivity index (χ1) is 9.09. The van der Waals surface area contributed by atoms with Gasteiger partial charge in [0.15, 0.2) is 0 Å². The van der Waals surface area contributed by atoms with Gasteiger partial charge in [0.05, 0.1) is 5.75 Å². The molecule has 0 amide bonds. The van der Waals surface area contributed by atoms with E-state index in [4.69, 9.17) is 0 Å². The van der Waals surface area contributed by atoms with E-state index < -0.39 is 10.0 Å². The molecule has 2 aliphatic rings. The second-order valence-corrected chi connectivity index (χ2v) is 7.72. The first-order valence-electron chi connectivity index (χ1n) is 7.52. The lowest BCUT2D eigenvalue weighted by molar-refractivity contribution is 0.342. The molecule has 2 rings (SSSR count). The van der Waals surface area contributed by atoms with Gasteiger partial charge in [-0.05, 0) is 51.2 Å². The predicted molar refractivity (Wildman–Crippen MR) is 77.7 cm³/mol. The molecule has 0 spiro atoms. The summed E-state index contributed by atoms with van der Waals surface area (Å²) >= 11 is 0. The molecular weight excluding hydrogens is 262 g/mol. The Balaban J connectivity index is 1.57. The molecule has 1 heterocycles. The topological polar surface area (TPSA) is 61.4 Å². The molecule has 0 radical (unpaired) electrons. The summed E-state index contributed by atoms with van der Waals surface area (Å²) in [6.07, 6.45) is 4.32. The van der Waals surface area contributed by atoms with Gasteiger partial charge in [0.1, 0.15) is 0 Å². The minimum absolute atomic E-state index is 0.247. The van der Waals surface area contributed by atoms with Gasteiger partial charge in [-0.15, -0.1) is 0 Å². The summed E-state index contributed by atoms with van der Waals surface area (Å²) in [4.78, 5) is 2.37. The molecule has 0 bridgehead atoms. The number of hydrogen-bond acceptors (Lipinski definition) is 4. The highest BCUT2D eigenvalue weighted by Gasteiger charge is 2.23. The Hall–Kier alpha value is -0.170. The van der Waals surface area contributed by atoms with E-state index in [1.54, 1.807) is 0 Å². The van der Waals surface area contributed by atoms with E-state index >= 15 is 0 Å². The normalized spacial score (nSPS) is 25.0. The van der Waals surface area contributed by atoms with Crippen molar-refractivity contribution >= 4 is 10.0 Å². The molecular formula is C13H27N3O2S. The van der Waals surface area contributed by atoms with Crippen LogP contribution >= 0.6 is 0 Å². The third-order valence-electron chi connectivity index (χ3n) is 4.01. The number of nitrogens with zero attached hydrogens (tertiary/aromatic N) is 1. The fourth-order valence-corrected chi connectivity index (χ4v) is 3.70. The van der Waals surface area contributed by atoms with Gasteiger partial charge < -0.3 is 10.2 Å². The monoisotopic (exact) mass is 289 g/mol. The second kappa shape index (κ2) is 7.02. The van der Waals surface area contributed by atoms with Crippen LogP contribution in [0.5, 0.6) is 0 Å². The number of sulfonamides is 1. The van der Waals surface area contributed by atoms with Crippen molar-refractivity contribution in [3.63, 3.8) is 0 Å². The summed E-state index contributed by atoms with van der Waals surface area (Å²) < 4.78 is 26.5. The van der Waals surface area contributed by atoms with E-state index in [0.717, 1.165) is 32.6 Å². The highest BCUT2D eigenvalue weighted by Crippen LogP contribution is 2.18. The minimum Gasteiger partial charge on any atom is -0.314 e. The predicted octanol–water partition coefficient (Wildman–Crippen LogP) is 0.390. The Morgan fingerprint density at radius 3 is 2.68 bits per heavy atom. The van der Waals surface area contributed by atoms with Gasteiger partial charge >= 0.3 is 0 Å². The Labute approximate surface area is 117 Å². The van der Waals surface area contributed by atoms with Crippen LogP contribution in [0.2, 0.25) is 0 Å². The fourth-order valence-electron chi connectivity index (χ4n) is 2.54. The van der Waals surface area contributed by atoms with Crippen molar-refractivity contribution < 1.29 is 8.42 Å². The summed E-state index contributed by atoms with van der Waals surface area (Å²) in [7, 11) is -3.08. The molecule has 0 aromatic carbocycles. The molecule has 1 aliphatic heterocycles. The van der Waals surface area contributed by atoms with Crippen LogP contribution in [0.4, 0.5) is 0 Å². The molecule has 2 fully saturated rings. The molecule has 0 aromatic rings. The molecule has 5 nitrogen and oxygen atoms in total. The van der Waals surface area contributed by atoms with Gasteiger partial charge in [0, 0.05) is 19.1 Å². The zero-order valence-corrected chi connectivity index (χ0v) is 12.7. The van der Waals surface area contributed by atoms with Crippen molar-refractivity contribution in [1.82, 2.24) is 14.9 Å². The summed E-state index contributed by atoms with van der Waals surface area (Å²) in [6.45, 7) is 6.78. The van der Waals surface area contributed by atoms with Crippen molar-refractivity contribution in [2.75, 3.05) is 38.5 Å². The van der Waals surface area contributed by atoms with E-state index in [2.05, 4.69) is 21.9 Å². The minimum atomic E-state index is -3.08. The Morgan fingerprint density at radius 2 is 2.05 bits per heavy atom. The number of likely N-dealkylation sites (tertiary alicyclic amines) is 1. The third kappa shape index (κ3) is 5.77. The molecule has 0 aromatic heterocycles. The quantitative estimate of drug-likeness (QED) is 0.603. The van der Waals surface area contributed by atoms with Crippen LogP contribution in [0.15, 0.2) is 0 Å². The number of nitrogens with one attached hydrogen (secondary N) is 2. The first kappa shape index (κ1) is 15.2. The molecule has 1 atom stereocenters. The Morgan fingerprint density at radius 1 is 1.26 bits per heavy atom. The molecule has 112 valence electrons. The largest absolute Gasteiger partial charge is 0.314 e. The van der Waals surface area contributed by atoms with Gasteiger partial charge in [-0.25, -0.2) is 13.1 Å². The zero-order valence-electron chi connectivity index (χ0n) is 11.9. The molecule has 1 saturated carbocycles. The molecule has 6 heteroatoms. The lowest BCUT2D eigenvalue weighted by Crippen LogP contribution is -2.33. The van der Waals surface area contributed by atoms with Crippen molar-refractivity contribution in [1.29, 1.82) is 0 Å². The van der Waals surface area contributed by atoms with Crippen molar-refractivity contribution in [3.8, 4) is 0 Å². The van der Waals surface area contributed by atoms with Gasteiger partial charge in [-0.3, -0.25) is 0 Å². The molecule has 1 unspecified atom stereocenters. The maximum atomic E-state index is 11.8. The zero-order chi connectivity index (χ0) is 13.7. The van der Waals surface area contributed by atoms with Crippen molar-refractivity contribution in [2.45, 2.75) is 38.6 Å². The summed E-state index contributed by atoms with van der Waals surface area (Å²) in [5, 5.41) is 3.34. The average molecular weight is 289 g/mol. The fraction of sp³-hybridized carbons (Fsp3) is 1.00. The number of hydrogen-bond donors (Lipinski definition) is 2. The highest BCUT2D eigenvalue weighted by molar-refractivity contribution is 7.89. The number of rotatable bonds is 9. The summed E-state index contributed by atoms with van der Waals surface area (Å²) in [6, 6.07) is 0.661. The van der Waals surface area contributed by atoms with Crippen LogP contribution in [0.25, 0.3) is 0 Å². The van der Waals surface area contributed by atoms with E-state index in [1.807, 2.05) is 0 Å². The molecule has 19 heavy (non-hydrogen) atoms. The molecule has 2 N–H and O–H groups in total. The van der Waals surface area contributed by atoms with Gasteiger partial charge in [-0.1, -0.05) is 6.92 Å².